The Morgan fingerprint density at radius 3 is 2.80 bits per heavy atom. The molecule has 0 saturated heterocycles. The average molecular weight is 308 g/mol. The SMILES string of the molecule is COc1ccc(O)c(C(=S)NCc2cccc(Cl)c2)c1. The number of methoxy groups -OCH3 is 1. The van der Waals surface area contributed by atoms with Crippen LogP contribution in [-0.4, -0.2) is 17.2 Å². The zero-order valence-corrected chi connectivity index (χ0v) is 12.5. The lowest BCUT2D eigenvalue weighted by Crippen LogP contribution is -2.21. The maximum atomic E-state index is 9.84. The lowest BCUT2D eigenvalue weighted by molar-refractivity contribution is 0.412. The molecule has 0 atom stereocenters. The molecule has 2 rings (SSSR count). The van der Waals surface area contributed by atoms with Gasteiger partial charge in [0.2, 0.25) is 0 Å². The minimum atomic E-state index is 0.120. The lowest BCUT2D eigenvalue weighted by Gasteiger charge is -2.11. The van der Waals surface area contributed by atoms with Crippen LogP contribution in [0, 0.1) is 0 Å². The van der Waals surface area contributed by atoms with E-state index in [9.17, 15) is 5.11 Å². The van der Waals surface area contributed by atoms with Crippen molar-refractivity contribution in [2.45, 2.75) is 6.54 Å². The fraction of sp³-hybridized carbons (Fsp3) is 0.133. The van der Waals surface area contributed by atoms with Gasteiger partial charge in [0.05, 0.1) is 12.7 Å². The first kappa shape index (κ1) is 14.6. The molecule has 5 heteroatoms. The molecule has 0 radical (unpaired) electrons. The second-order valence-electron chi connectivity index (χ2n) is 4.20. The highest BCUT2D eigenvalue weighted by atomic mass is 35.5. The first-order valence-electron chi connectivity index (χ1n) is 6.00. The molecule has 0 fully saturated rings. The van der Waals surface area contributed by atoms with Crippen LogP contribution in [0.5, 0.6) is 11.5 Å². The summed E-state index contributed by atoms with van der Waals surface area (Å²) in [6.45, 7) is 0.538. The van der Waals surface area contributed by atoms with Crippen LogP contribution in [0.3, 0.4) is 0 Å². The predicted molar refractivity (Wildman–Crippen MR) is 84.7 cm³/mol. The molecular weight excluding hydrogens is 294 g/mol. The molecule has 2 N–H and O–H groups in total. The minimum Gasteiger partial charge on any atom is -0.507 e. The van der Waals surface area contributed by atoms with Gasteiger partial charge in [-0.2, -0.15) is 0 Å². The van der Waals surface area contributed by atoms with Gasteiger partial charge < -0.3 is 15.2 Å². The topological polar surface area (TPSA) is 41.5 Å². The van der Waals surface area contributed by atoms with Crippen LogP contribution < -0.4 is 10.1 Å². The summed E-state index contributed by atoms with van der Waals surface area (Å²) in [6.07, 6.45) is 0. The summed E-state index contributed by atoms with van der Waals surface area (Å²) in [5, 5.41) is 13.6. The number of benzene rings is 2. The van der Waals surface area contributed by atoms with Crippen LogP contribution in [0.25, 0.3) is 0 Å². The summed E-state index contributed by atoms with van der Waals surface area (Å²) in [5.74, 6) is 0.763. The van der Waals surface area contributed by atoms with Crippen molar-refractivity contribution >= 4 is 28.8 Å². The van der Waals surface area contributed by atoms with E-state index in [1.54, 1.807) is 25.3 Å². The molecule has 0 aliphatic carbocycles. The highest BCUT2D eigenvalue weighted by molar-refractivity contribution is 7.80. The second kappa shape index (κ2) is 6.59. The number of hydrogen-bond donors (Lipinski definition) is 2. The summed E-state index contributed by atoms with van der Waals surface area (Å²) in [6, 6.07) is 12.4. The Hall–Kier alpha value is -1.78. The van der Waals surface area contributed by atoms with Crippen molar-refractivity contribution in [2.75, 3.05) is 7.11 Å². The van der Waals surface area contributed by atoms with E-state index in [0.717, 1.165) is 5.56 Å². The molecule has 0 saturated carbocycles. The van der Waals surface area contributed by atoms with Crippen molar-refractivity contribution in [1.29, 1.82) is 0 Å². The molecule has 2 aromatic rings. The second-order valence-corrected chi connectivity index (χ2v) is 5.04. The quantitative estimate of drug-likeness (QED) is 0.848. The van der Waals surface area contributed by atoms with Crippen LogP contribution in [-0.2, 0) is 6.54 Å². The highest BCUT2D eigenvalue weighted by Crippen LogP contribution is 2.23. The number of aromatic hydroxyl groups is 1. The summed E-state index contributed by atoms with van der Waals surface area (Å²) in [4.78, 5) is 0.460. The van der Waals surface area contributed by atoms with Crippen molar-refractivity contribution in [2.24, 2.45) is 0 Å². The van der Waals surface area contributed by atoms with Crippen molar-refractivity contribution in [1.82, 2.24) is 5.32 Å². The number of halogens is 1. The molecule has 3 nitrogen and oxygen atoms in total. The smallest absolute Gasteiger partial charge is 0.126 e. The van der Waals surface area contributed by atoms with Crippen molar-refractivity contribution in [3.05, 3.63) is 58.6 Å². The third-order valence-electron chi connectivity index (χ3n) is 2.79. The summed E-state index contributed by atoms with van der Waals surface area (Å²) in [7, 11) is 1.57. The lowest BCUT2D eigenvalue weighted by atomic mass is 10.1. The van der Waals surface area contributed by atoms with Gasteiger partial charge in [-0.1, -0.05) is 36.0 Å². The van der Waals surface area contributed by atoms with Gasteiger partial charge in [-0.25, -0.2) is 0 Å². The monoisotopic (exact) mass is 307 g/mol. The van der Waals surface area contributed by atoms with Gasteiger partial charge in [-0.15, -0.1) is 0 Å². The number of thiocarbonyl (C=S) groups is 1. The normalized spacial score (nSPS) is 10.1. The molecular formula is C15H14ClNO2S. The third-order valence-corrected chi connectivity index (χ3v) is 3.39. The van der Waals surface area contributed by atoms with Crippen LogP contribution in [0.1, 0.15) is 11.1 Å². The summed E-state index contributed by atoms with van der Waals surface area (Å²) < 4.78 is 5.12. The minimum absolute atomic E-state index is 0.120. The number of nitrogens with one attached hydrogen (secondary N) is 1. The Morgan fingerprint density at radius 2 is 2.10 bits per heavy atom. The van der Waals surface area contributed by atoms with E-state index in [4.69, 9.17) is 28.6 Å². The predicted octanol–water partition coefficient (Wildman–Crippen LogP) is 3.52. The van der Waals surface area contributed by atoms with E-state index in [-0.39, 0.29) is 5.75 Å². The summed E-state index contributed by atoms with van der Waals surface area (Å²) in [5.41, 5.74) is 1.56. The van der Waals surface area contributed by atoms with E-state index in [2.05, 4.69) is 5.32 Å². The molecule has 0 aliphatic heterocycles. The average Bonchev–Trinajstić information content (AvgIpc) is 2.45. The number of phenols is 1. The number of rotatable bonds is 4. The fourth-order valence-corrected chi connectivity index (χ4v) is 2.20. The Labute approximate surface area is 128 Å². The van der Waals surface area contributed by atoms with Crippen LogP contribution in [0.15, 0.2) is 42.5 Å². The molecule has 0 bridgehead atoms. The molecule has 0 heterocycles. The van der Waals surface area contributed by atoms with Crippen molar-refractivity contribution < 1.29 is 9.84 Å². The Kier molecular flexibility index (Phi) is 4.82. The molecule has 0 aliphatic rings. The van der Waals surface area contributed by atoms with E-state index < -0.39 is 0 Å². The van der Waals surface area contributed by atoms with E-state index in [1.807, 2.05) is 24.3 Å². The van der Waals surface area contributed by atoms with Crippen molar-refractivity contribution in [3.8, 4) is 11.5 Å². The van der Waals surface area contributed by atoms with Gasteiger partial charge in [0.1, 0.15) is 16.5 Å². The van der Waals surface area contributed by atoms with Gasteiger partial charge >= 0.3 is 0 Å². The fourth-order valence-electron chi connectivity index (χ4n) is 1.75. The number of hydrogen-bond acceptors (Lipinski definition) is 3. The first-order valence-corrected chi connectivity index (χ1v) is 6.78. The first-order chi connectivity index (χ1) is 9.60. The Morgan fingerprint density at radius 1 is 1.30 bits per heavy atom. The Balaban J connectivity index is 2.08. The van der Waals surface area contributed by atoms with Crippen molar-refractivity contribution in [3.63, 3.8) is 0 Å². The van der Waals surface area contributed by atoms with E-state index in [1.165, 1.54) is 0 Å². The van der Waals surface area contributed by atoms with E-state index >= 15 is 0 Å². The molecule has 2 aromatic carbocycles. The van der Waals surface area contributed by atoms with Gasteiger partial charge in [-0.05, 0) is 35.9 Å². The molecule has 0 spiro atoms. The third kappa shape index (κ3) is 3.62. The number of ether oxygens (including phenoxy) is 1. The van der Waals surface area contributed by atoms with Gasteiger partial charge in [-0.3, -0.25) is 0 Å². The standard InChI is InChI=1S/C15H14ClNO2S/c1-19-12-5-6-14(18)13(8-12)15(20)17-9-10-3-2-4-11(16)7-10/h2-8,18H,9H2,1H3,(H,17,20). The van der Waals surface area contributed by atoms with Crippen LogP contribution >= 0.6 is 23.8 Å². The zero-order valence-electron chi connectivity index (χ0n) is 10.9. The highest BCUT2D eigenvalue weighted by Gasteiger charge is 2.08. The number of phenolic OH excluding ortho intramolecular Hbond substituents is 1. The van der Waals surface area contributed by atoms with E-state index in [0.29, 0.717) is 27.9 Å². The largest absolute Gasteiger partial charge is 0.507 e. The molecule has 20 heavy (non-hydrogen) atoms. The molecule has 0 amide bonds. The Bertz CT molecular complexity index is 631. The van der Waals surface area contributed by atoms with Gasteiger partial charge in [0, 0.05) is 11.6 Å². The molecule has 0 aromatic heterocycles. The van der Waals surface area contributed by atoms with Crippen LogP contribution in [0.4, 0.5) is 0 Å². The molecule has 0 unspecified atom stereocenters. The molecule has 104 valence electrons. The maximum absolute atomic E-state index is 9.84. The van der Waals surface area contributed by atoms with Gasteiger partial charge in [0.15, 0.2) is 0 Å². The van der Waals surface area contributed by atoms with Gasteiger partial charge in [0.25, 0.3) is 0 Å². The maximum Gasteiger partial charge on any atom is 0.126 e. The van der Waals surface area contributed by atoms with Crippen LogP contribution in [0.2, 0.25) is 5.02 Å². The zero-order chi connectivity index (χ0) is 14.5. The summed E-state index contributed by atoms with van der Waals surface area (Å²) >= 11 is 11.2.